The van der Waals surface area contributed by atoms with Crippen LogP contribution in [0.1, 0.15) is 70.2 Å². The van der Waals surface area contributed by atoms with E-state index in [4.69, 9.17) is 0 Å². The minimum absolute atomic E-state index is 0.0698. The van der Waals surface area contributed by atoms with Crippen molar-refractivity contribution in [2.75, 3.05) is 30.8 Å². The van der Waals surface area contributed by atoms with E-state index >= 15 is 0 Å². The third-order valence-corrected chi connectivity index (χ3v) is 12.9. The first-order chi connectivity index (χ1) is 25.0. The zero-order valence-corrected chi connectivity index (χ0v) is 33.1. The second kappa shape index (κ2) is 18.1. The number of aryl methyl sites for hydroxylation is 6. The van der Waals surface area contributed by atoms with E-state index in [1.165, 1.54) is 27.1 Å². The van der Waals surface area contributed by atoms with Gasteiger partial charge >= 0.3 is 0 Å². The molecule has 6 rings (SSSR count). The SMILES string of the molecule is CNc1ccc(/C=C/c2ccc(NC(=O)C3CCCN3Sc3c(C)cc(C)cc3C)cc2)cc1.Cc1cc(C)c(S(=O)N2CCCC2C=O)c(C)c1. The topological polar surface area (TPSA) is 81.8 Å². The lowest BCUT2D eigenvalue weighted by molar-refractivity contribution is -0.119. The van der Waals surface area contributed by atoms with E-state index in [2.05, 4.69) is 84.3 Å². The number of amides is 1. The molecular weight excluding hydrogens is 685 g/mol. The summed E-state index contributed by atoms with van der Waals surface area (Å²) in [5, 5.41) is 6.26. The summed E-state index contributed by atoms with van der Waals surface area (Å²) in [7, 11) is 0.699. The van der Waals surface area contributed by atoms with Crippen LogP contribution < -0.4 is 10.6 Å². The largest absolute Gasteiger partial charge is 0.388 e. The molecule has 274 valence electrons. The molecule has 2 heterocycles. The molecule has 4 aromatic rings. The van der Waals surface area contributed by atoms with Crippen LogP contribution in [0.25, 0.3) is 12.2 Å². The minimum Gasteiger partial charge on any atom is -0.388 e. The zero-order chi connectivity index (χ0) is 37.4. The number of carbonyl (C=O) groups is 2. The van der Waals surface area contributed by atoms with E-state index in [-0.39, 0.29) is 18.0 Å². The Balaban J connectivity index is 0.000000244. The van der Waals surface area contributed by atoms with Crippen LogP contribution in [0.4, 0.5) is 11.4 Å². The first-order valence-electron chi connectivity index (χ1n) is 18.1. The van der Waals surface area contributed by atoms with Gasteiger partial charge in [-0.3, -0.25) is 4.79 Å². The highest BCUT2D eigenvalue weighted by Gasteiger charge is 2.33. The predicted molar refractivity (Wildman–Crippen MR) is 219 cm³/mol. The fourth-order valence-corrected chi connectivity index (χ4v) is 9.85. The maximum Gasteiger partial charge on any atom is 0.242 e. The Morgan fingerprint density at radius 2 is 1.27 bits per heavy atom. The van der Waals surface area contributed by atoms with E-state index in [9.17, 15) is 13.8 Å². The molecule has 9 heteroatoms. The lowest BCUT2D eigenvalue weighted by Crippen LogP contribution is -2.35. The molecule has 52 heavy (non-hydrogen) atoms. The summed E-state index contributed by atoms with van der Waals surface area (Å²) in [5.41, 5.74) is 11.3. The minimum atomic E-state index is -1.22. The van der Waals surface area contributed by atoms with Gasteiger partial charge in [0.2, 0.25) is 5.91 Å². The summed E-state index contributed by atoms with van der Waals surface area (Å²) >= 11 is 1.73. The van der Waals surface area contributed by atoms with Gasteiger partial charge in [-0.25, -0.2) is 12.8 Å². The summed E-state index contributed by atoms with van der Waals surface area (Å²) in [6.45, 7) is 14.1. The quantitative estimate of drug-likeness (QED) is 0.0961. The van der Waals surface area contributed by atoms with Crippen LogP contribution in [0.5, 0.6) is 0 Å². The number of benzene rings is 4. The molecule has 0 saturated carbocycles. The van der Waals surface area contributed by atoms with Gasteiger partial charge in [0.15, 0.2) is 0 Å². The van der Waals surface area contributed by atoms with Gasteiger partial charge in [-0.05, 0) is 137 Å². The van der Waals surface area contributed by atoms with Crippen molar-refractivity contribution in [1.82, 2.24) is 8.61 Å². The molecule has 0 aliphatic carbocycles. The van der Waals surface area contributed by atoms with E-state index in [0.717, 1.165) is 83.6 Å². The number of hydrogen-bond donors (Lipinski definition) is 2. The van der Waals surface area contributed by atoms with Gasteiger partial charge in [0, 0.05) is 36.4 Å². The number of nitrogens with zero attached hydrogens (tertiary/aromatic N) is 2. The Kier molecular flexibility index (Phi) is 13.7. The van der Waals surface area contributed by atoms with E-state index in [1.807, 2.05) is 68.5 Å². The Bertz CT molecular complexity index is 1880. The third kappa shape index (κ3) is 9.89. The van der Waals surface area contributed by atoms with Crippen molar-refractivity contribution < 1.29 is 13.8 Å². The normalized spacial score (nSPS) is 18.2. The highest BCUT2D eigenvalue weighted by atomic mass is 32.2. The molecule has 2 aliphatic rings. The fourth-order valence-electron chi connectivity index (χ4n) is 7.06. The van der Waals surface area contributed by atoms with Crippen LogP contribution >= 0.6 is 11.9 Å². The average Bonchev–Trinajstić information content (AvgIpc) is 3.80. The fraction of sp³-hybridized carbons (Fsp3) is 0.349. The van der Waals surface area contributed by atoms with Gasteiger partial charge in [-0.15, -0.1) is 0 Å². The Morgan fingerprint density at radius 1 is 0.750 bits per heavy atom. The molecule has 2 fully saturated rings. The summed E-state index contributed by atoms with van der Waals surface area (Å²) in [6.07, 6.45) is 8.78. The molecule has 4 aromatic carbocycles. The van der Waals surface area contributed by atoms with Gasteiger partial charge in [-0.1, -0.05) is 71.8 Å². The van der Waals surface area contributed by atoms with Crippen LogP contribution in [0.2, 0.25) is 0 Å². The third-order valence-electron chi connectivity index (χ3n) is 9.56. The van der Waals surface area contributed by atoms with Crippen molar-refractivity contribution in [3.8, 4) is 0 Å². The highest BCUT2D eigenvalue weighted by molar-refractivity contribution is 7.97. The summed E-state index contributed by atoms with van der Waals surface area (Å²) < 4.78 is 16.7. The van der Waals surface area contributed by atoms with Gasteiger partial charge in [0.1, 0.15) is 17.3 Å². The highest BCUT2D eigenvalue weighted by Crippen LogP contribution is 2.36. The van der Waals surface area contributed by atoms with Gasteiger partial charge in [-0.2, -0.15) is 0 Å². The Labute approximate surface area is 317 Å². The van der Waals surface area contributed by atoms with Crippen molar-refractivity contribution >= 4 is 58.7 Å². The van der Waals surface area contributed by atoms with Crippen LogP contribution in [-0.2, 0) is 20.6 Å². The summed E-state index contributed by atoms with van der Waals surface area (Å²) in [4.78, 5) is 26.2. The first-order valence-corrected chi connectivity index (χ1v) is 20.0. The number of nitrogens with one attached hydrogen (secondary N) is 2. The molecule has 3 atom stereocenters. The van der Waals surface area contributed by atoms with Crippen molar-refractivity contribution in [2.45, 2.75) is 89.1 Å². The number of rotatable bonds is 10. The molecule has 1 amide bonds. The van der Waals surface area contributed by atoms with Gasteiger partial charge in [0.25, 0.3) is 0 Å². The van der Waals surface area contributed by atoms with Gasteiger partial charge < -0.3 is 15.4 Å². The van der Waals surface area contributed by atoms with Crippen LogP contribution in [0.3, 0.4) is 0 Å². The standard InChI is InChI=1S/C29H33N3OS.C14H19NO2S/c1-20-18-21(2)28(22(3)19-20)34-32-17-5-6-27(32)29(33)31-26-15-11-24(12-16-26)8-7-23-9-13-25(30-4)14-10-23;1-10-7-11(2)14(12(3)8-10)18(17)15-6-4-5-13(15)9-16/h7-16,18-19,27,30H,5-6,17H2,1-4H3,(H,31,33);7-9,13H,4-6H2,1-3H3/b8-7+;. The molecule has 2 N–H and O–H groups in total. The van der Waals surface area contributed by atoms with E-state index in [1.54, 1.807) is 11.9 Å². The Morgan fingerprint density at radius 3 is 1.81 bits per heavy atom. The van der Waals surface area contributed by atoms with Crippen molar-refractivity contribution in [3.63, 3.8) is 0 Å². The lowest BCUT2D eigenvalue weighted by atomic mass is 10.1. The van der Waals surface area contributed by atoms with Crippen molar-refractivity contribution in [3.05, 3.63) is 117 Å². The number of hydrogen-bond acceptors (Lipinski definition) is 6. The van der Waals surface area contributed by atoms with Crippen molar-refractivity contribution in [1.29, 1.82) is 0 Å². The number of anilines is 2. The van der Waals surface area contributed by atoms with E-state index in [0.29, 0.717) is 0 Å². The van der Waals surface area contributed by atoms with Crippen molar-refractivity contribution in [2.24, 2.45) is 0 Å². The predicted octanol–water partition coefficient (Wildman–Crippen LogP) is 9.23. The molecule has 0 aromatic heterocycles. The van der Waals surface area contributed by atoms with Crippen LogP contribution in [0, 0.1) is 41.5 Å². The molecule has 2 aliphatic heterocycles. The second-order valence-corrected chi connectivity index (χ2v) is 16.3. The first kappa shape index (κ1) is 39.2. The molecule has 3 unspecified atom stereocenters. The molecule has 0 bridgehead atoms. The number of aldehydes is 1. The maximum absolute atomic E-state index is 13.1. The van der Waals surface area contributed by atoms with Crippen LogP contribution in [-0.4, -0.2) is 57.2 Å². The molecule has 2 saturated heterocycles. The smallest absolute Gasteiger partial charge is 0.242 e. The molecule has 0 spiro atoms. The number of carbonyl (C=O) groups excluding carboxylic acids is 2. The van der Waals surface area contributed by atoms with Crippen LogP contribution in [0.15, 0.2) is 82.6 Å². The zero-order valence-electron chi connectivity index (χ0n) is 31.5. The molecule has 7 nitrogen and oxygen atoms in total. The molecular formula is C43H52N4O3S2. The average molecular weight is 737 g/mol. The monoisotopic (exact) mass is 736 g/mol. The lowest BCUT2D eigenvalue weighted by Gasteiger charge is -2.24. The Hall–Kier alpha value is -4.02. The summed E-state index contributed by atoms with van der Waals surface area (Å²) in [5.74, 6) is 0.0698. The van der Waals surface area contributed by atoms with Gasteiger partial charge in [0.05, 0.1) is 17.0 Å². The maximum atomic E-state index is 13.1. The summed E-state index contributed by atoms with van der Waals surface area (Å²) in [6, 6.07) is 24.5. The van der Waals surface area contributed by atoms with E-state index < -0.39 is 11.0 Å². The second-order valence-electron chi connectivity index (χ2n) is 13.9. The molecule has 0 radical (unpaired) electrons.